The van der Waals surface area contributed by atoms with Crippen LogP contribution >= 0.6 is 0 Å². The predicted molar refractivity (Wildman–Crippen MR) is 154 cm³/mol. The molecule has 0 saturated carbocycles. The number of rotatable bonds is 9. The Balaban J connectivity index is 1.49. The van der Waals surface area contributed by atoms with Crippen molar-refractivity contribution in [3.8, 4) is 11.8 Å². The zero-order valence-electron chi connectivity index (χ0n) is 22.4. The van der Waals surface area contributed by atoms with Crippen molar-refractivity contribution in [2.75, 3.05) is 48.8 Å². The van der Waals surface area contributed by atoms with Crippen molar-refractivity contribution < 1.29 is 30.0 Å². The molecule has 0 bridgehead atoms. The SMILES string of the molecule is CS(=O)(=O)CCN1CCC(Nc2cccc3c2cc(C#CCNc2ccc(S(N)(=O)=O)cc2)n3CC(F)(F)F)CC1. The number of halogens is 3. The van der Waals surface area contributed by atoms with Crippen LogP contribution in [0.2, 0.25) is 0 Å². The first-order valence-corrected chi connectivity index (χ1v) is 16.5. The van der Waals surface area contributed by atoms with Gasteiger partial charge in [0.25, 0.3) is 0 Å². The minimum absolute atomic E-state index is 0.0345. The van der Waals surface area contributed by atoms with Gasteiger partial charge in [0.2, 0.25) is 10.0 Å². The lowest BCUT2D eigenvalue weighted by Crippen LogP contribution is -2.41. The molecule has 3 aromatic rings. The number of aromatic nitrogens is 1. The van der Waals surface area contributed by atoms with Crippen LogP contribution in [0.25, 0.3) is 10.9 Å². The highest BCUT2D eigenvalue weighted by Crippen LogP contribution is 2.31. The number of nitrogens with two attached hydrogens (primary N) is 1. The average molecular weight is 612 g/mol. The quantitative estimate of drug-likeness (QED) is 0.317. The number of hydrogen-bond donors (Lipinski definition) is 3. The van der Waals surface area contributed by atoms with E-state index in [-0.39, 0.29) is 28.9 Å². The molecule has 1 aliphatic rings. The largest absolute Gasteiger partial charge is 0.406 e. The molecular weight excluding hydrogens is 579 g/mol. The molecule has 4 N–H and O–H groups in total. The Kier molecular flexibility index (Phi) is 9.22. The Morgan fingerprint density at radius 2 is 1.73 bits per heavy atom. The van der Waals surface area contributed by atoms with Crippen molar-refractivity contribution >= 4 is 42.1 Å². The Morgan fingerprint density at radius 1 is 1.05 bits per heavy atom. The molecule has 1 aliphatic heterocycles. The van der Waals surface area contributed by atoms with Crippen LogP contribution in [0, 0.1) is 11.8 Å². The first-order valence-electron chi connectivity index (χ1n) is 12.9. The van der Waals surface area contributed by atoms with E-state index in [1.54, 1.807) is 18.2 Å². The van der Waals surface area contributed by atoms with Gasteiger partial charge in [-0.3, -0.25) is 0 Å². The summed E-state index contributed by atoms with van der Waals surface area (Å²) in [6.07, 6.45) is -1.67. The van der Waals surface area contributed by atoms with Crippen LogP contribution in [0.5, 0.6) is 0 Å². The summed E-state index contributed by atoms with van der Waals surface area (Å²) in [6.45, 7) is 0.870. The Labute approximate surface area is 237 Å². The monoisotopic (exact) mass is 611 g/mol. The van der Waals surface area contributed by atoms with Gasteiger partial charge in [-0.05, 0) is 61.2 Å². The molecule has 4 rings (SSSR count). The van der Waals surface area contributed by atoms with E-state index >= 15 is 0 Å². The van der Waals surface area contributed by atoms with Crippen LogP contribution in [-0.4, -0.2) is 76.7 Å². The van der Waals surface area contributed by atoms with Gasteiger partial charge < -0.3 is 20.1 Å². The van der Waals surface area contributed by atoms with Gasteiger partial charge in [-0.25, -0.2) is 22.0 Å². The summed E-state index contributed by atoms with van der Waals surface area (Å²) >= 11 is 0. The lowest BCUT2D eigenvalue weighted by molar-refractivity contribution is -0.140. The van der Waals surface area contributed by atoms with Crippen LogP contribution in [0.15, 0.2) is 53.4 Å². The number of piperidine rings is 1. The van der Waals surface area contributed by atoms with E-state index in [1.165, 1.54) is 30.5 Å². The topological polar surface area (TPSA) is 127 Å². The fourth-order valence-corrected chi connectivity index (χ4v) is 5.83. The van der Waals surface area contributed by atoms with E-state index in [1.807, 2.05) is 6.07 Å². The lowest BCUT2D eigenvalue weighted by Gasteiger charge is -2.32. The number of benzene rings is 2. The molecule has 14 heteroatoms. The zero-order chi connectivity index (χ0) is 29.8. The number of fused-ring (bicyclic) bond motifs is 1. The third-order valence-electron chi connectivity index (χ3n) is 6.79. The Bertz CT molecular complexity index is 1650. The summed E-state index contributed by atoms with van der Waals surface area (Å²) in [6, 6.07) is 12.7. The highest BCUT2D eigenvalue weighted by Gasteiger charge is 2.30. The molecule has 222 valence electrons. The van der Waals surface area contributed by atoms with Crippen molar-refractivity contribution in [3.63, 3.8) is 0 Å². The molecule has 1 saturated heterocycles. The van der Waals surface area contributed by atoms with Crippen molar-refractivity contribution in [3.05, 3.63) is 54.2 Å². The van der Waals surface area contributed by atoms with E-state index in [0.29, 0.717) is 28.8 Å². The van der Waals surface area contributed by atoms with Crippen LogP contribution in [-0.2, 0) is 26.4 Å². The second-order valence-electron chi connectivity index (χ2n) is 10.1. The standard InChI is InChI=1S/C27H32F3N5O4S2/c1-40(36,37)17-16-34-14-11-21(12-15-34)33-25-5-2-6-26-24(25)18-22(35(26)19-27(28,29)30)4-3-13-32-20-7-9-23(10-8-20)41(31,38)39/h2,5-10,18,21,32-33H,11-17,19H2,1H3,(H2,31,38,39). The molecule has 2 heterocycles. The Hall–Kier alpha value is -3.25. The van der Waals surface area contributed by atoms with Crippen molar-refractivity contribution in [1.29, 1.82) is 0 Å². The molecule has 0 radical (unpaired) electrons. The fraction of sp³-hybridized carbons (Fsp3) is 0.407. The number of hydrogen-bond acceptors (Lipinski definition) is 7. The third-order valence-corrected chi connectivity index (χ3v) is 8.64. The minimum atomic E-state index is -4.45. The second kappa shape index (κ2) is 12.3. The van der Waals surface area contributed by atoms with E-state index in [4.69, 9.17) is 5.14 Å². The highest BCUT2D eigenvalue weighted by molar-refractivity contribution is 7.90. The molecule has 1 aromatic heterocycles. The molecule has 0 unspecified atom stereocenters. The molecule has 9 nitrogen and oxygen atoms in total. The van der Waals surface area contributed by atoms with Gasteiger partial charge in [-0.2, -0.15) is 13.2 Å². The van der Waals surface area contributed by atoms with Gasteiger partial charge >= 0.3 is 6.18 Å². The van der Waals surface area contributed by atoms with E-state index < -0.39 is 32.6 Å². The molecule has 2 aromatic carbocycles. The summed E-state index contributed by atoms with van der Waals surface area (Å²) < 4.78 is 87.4. The number of sulfonamides is 1. The molecule has 0 atom stereocenters. The predicted octanol–water partition coefficient (Wildman–Crippen LogP) is 3.24. The number of alkyl halides is 3. The summed E-state index contributed by atoms with van der Waals surface area (Å²) in [5.41, 5.74) is 1.92. The maximum atomic E-state index is 13.5. The van der Waals surface area contributed by atoms with Crippen LogP contribution in [0.4, 0.5) is 24.5 Å². The van der Waals surface area contributed by atoms with E-state index in [9.17, 15) is 30.0 Å². The molecule has 0 aliphatic carbocycles. The highest BCUT2D eigenvalue weighted by atomic mass is 32.2. The molecule has 1 fully saturated rings. The zero-order valence-corrected chi connectivity index (χ0v) is 24.0. The number of likely N-dealkylation sites (tertiary alicyclic amines) is 1. The van der Waals surface area contributed by atoms with E-state index in [0.717, 1.165) is 30.5 Å². The first kappa shape index (κ1) is 30.7. The van der Waals surface area contributed by atoms with Gasteiger partial charge in [-0.1, -0.05) is 12.0 Å². The molecule has 0 spiro atoms. The summed E-state index contributed by atoms with van der Waals surface area (Å²) in [4.78, 5) is 2.07. The summed E-state index contributed by atoms with van der Waals surface area (Å²) in [5.74, 6) is 5.81. The number of primary sulfonamides is 1. The van der Waals surface area contributed by atoms with Crippen molar-refractivity contribution in [2.24, 2.45) is 5.14 Å². The maximum Gasteiger partial charge on any atom is 0.406 e. The van der Waals surface area contributed by atoms with Crippen LogP contribution in [0.3, 0.4) is 0 Å². The average Bonchev–Trinajstić information content (AvgIpc) is 3.22. The number of nitrogens with one attached hydrogen (secondary N) is 2. The molecule has 41 heavy (non-hydrogen) atoms. The van der Waals surface area contributed by atoms with Gasteiger partial charge in [-0.15, -0.1) is 0 Å². The fourth-order valence-electron chi connectivity index (χ4n) is 4.72. The number of sulfone groups is 1. The lowest BCUT2D eigenvalue weighted by atomic mass is 10.0. The van der Waals surface area contributed by atoms with Crippen LogP contribution < -0.4 is 15.8 Å². The molecule has 0 amide bonds. The normalized spacial score (nSPS) is 15.4. The second-order valence-corrected chi connectivity index (χ2v) is 13.9. The Morgan fingerprint density at radius 3 is 2.34 bits per heavy atom. The number of nitrogens with zero attached hydrogens (tertiary/aromatic N) is 2. The number of anilines is 2. The smallest absolute Gasteiger partial charge is 0.382 e. The van der Waals surface area contributed by atoms with Gasteiger partial charge in [0, 0.05) is 48.7 Å². The summed E-state index contributed by atoms with van der Waals surface area (Å²) in [5, 5.41) is 12.2. The maximum absolute atomic E-state index is 13.5. The first-order chi connectivity index (χ1) is 19.2. The van der Waals surface area contributed by atoms with Crippen molar-refractivity contribution in [1.82, 2.24) is 9.47 Å². The van der Waals surface area contributed by atoms with Gasteiger partial charge in [0.05, 0.1) is 28.4 Å². The van der Waals surface area contributed by atoms with Crippen LogP contribution in [0.1, 0.15) is 18.5 Å². The van der Waals surface area contributed by atoms with Gasteiger partial charge in [0.1, 0.15) is 16.4 Å². The third kappa shape index (κ3) is 8.87. The van der Waals surface area contributed by atoms with E-state index in [2.05, 4.69) is 27.4 Å². The molecular formula is C27H32F3N5O4S2. The summed E-state index contributed by atoms with van der Waals surface area (Å²) in [7, 11) is -6.85. The van der Waals surface area contributed by atoms with Gasteiger partial charge in [0.15, 0.2) is 0 Å². The minimum Gasteiger partial charge on any atom is -0.382 e. The van der Waals surface area contributed by atoms with Crippen molar-refractivity contribution in [2.45, 2.75) is 36.5 Å².